The fraction of sp³-hybridized carbons (Fsp3) is 0.800. The van der Waals surface area contributed by atoms with Crippen LogP contribution in [0.5, 0.6) is 0 Å². The maximum Gasteiger partial charge on any atom is 0.490 e. The van der Waals surface area contributed by atoms with E-state index in [9.17, 15) is 18.0 Å². The maximum atomic E-state index is 10.7. The highest BCUT2D eigenvalue weighted by Gasteiger charge is 2.42. The molecule has 104 valence electrons. The van der Waals surface area contributed by atoms with E-state index in [1.54, 1.807) is 0 Å². The molecule has 1 aliphatic carbocycles. The van der Waals surface area contributed by atoms with Crippen LogP contribution in [0.25, 0.3) is 0 Å². The van der Waals surface area contributed by atoms with Crippen molar-refractivity contribution in [2.75, 3.05) is 6.54 Å². The Morgan fingerprint density at radius 2 is 1.72 bits per heavy atom. The molecule has 0 amide bonds. The molecule has 0 aromatic rings. The quantitative estimate of drug-likeness (QED) is 0.663. The zero-order chi connectivity index (χ0) is 13.9. The van der Waals surface area contributed by atoms with Crippen LogP contribution >= 0.6 is 0 Å². The van der Waals surface area contributed by atoms with E-state index in [0.29, 0.717) is 11.8 Å². The molecule has 0 aromatic heterocycles. The van der Waals surface area contributed by atoms with Crippen LogP contribution in [-0.2, 0) is 9.59 Å². The van der Waals surface area contributed by atoms with Gasteiger partial charge in [0.1, 0.15) is 6.04 Å². The molecule has 1 heterocycles. The molecule has 0 bridgehead atoms. The Labute approximate surface area is 101 Å². The van der Waals surface area contributed by atoms with Gasteiger partial charge in [-0.15, -0.1) is 0 Å². The second kappa shape index (κ2) is 5.55. The lowest BCUT2D eigenvalue weighted by Crippen LogP contribution is -2.35. The van der Waals surface area contributed by atoms with Crippen molar-refractivity contribution in [3.05, 3.63) is 0 Å². The van der Waals surface area contributed by atoms with Gasteiger partial charge in [0.2, 0.25) is 0 Å². The summed E-state index contributed by atoms with van der Waals surface area (Å²) in [6.07, 6.45) is -1.53. The van der Waals surface area contributed by atoms with Crippen molar-refractivity contribution in [1.29, 1.82) is 0 Å². The molecule has 1 saturated carbocycles. The number of nitrogens with one attached hydrogen (secondary N) is 1. The molecule has 0 radical (unpaired) electrons. The number of hydrogen-bond donors (Lipinski definition) is 3. The monoisotopic (exact) mass is 269 g/mol. The molecular weight excluding hydrogens is 255 g/mol. The zero-order valence-electron chi connectivity index (χ0n) is 9.41. The van der Waals surface area contributed by atoms with Gasteiger partial charge < -0.3 is 15.5 Å². The first-order chi connectivity index (χ1) is 8.23. The van der Waals surface area contributed by atoms with Crippen LogP contribution in [0.3, 0.4) is 0 Å². The second-order valence-corrected chi connectivity index (χ2v) is 4.38. The Morgan fingerprint density at radius 3 is 2.17 bits per heavy atom. The highest BCUT2D eigenvalue weighted by molar-refractivity contribution is 5.74. The van der Waals surface area contributed by atoms with Gasteiger partial charge in [0.25, 0.3) is 0 Å². The minimum atomic E-state index is -5.08. The predicted octanol–water partition coefficient (Wildman–Crippen LogP) is 1.09. The zero-order valence-corrected chi connectivity index (χ0v) is 9.41. The third-order valence-corrected chi connectivity index (χ3v) is 3.25. The number of aliphatic carboxylic acids is 2. The molecule has 0 aromatic carbocycles. The Kier molecular flexibility index (Phi) is 4.55. The molecule has 1 aliphatic heterocycles. The largest absolute Gasteiger partial charge is 0.490 e. The molecule has 2 aliphatic rings. The molecule has 18 heavy (non-hydrogen) atoms. The summed E-state index contributed by atoms with van der Waals surface area (Å²) in [5, 5.41) is 19.0. The fourth-order valence-corrected chi connectivity index (χ4v) is 2.46. The first-order valence-corrected chi connectivity index (χ1v) is 5.49. The lowest BCUT2D eigenvalue weighted by atomic mass is 9.94. The summed E-state index contributed by atoms with van der Waals surface area (Å²) in [5.41, 5.74) is 0. The number of carbonyl (C=O) groups is 2. The van der Waals surface area contributed by atoms with E-state index < -0.39 is 18.1 Å². The minimum Gasteiger partial charge on any atom is -0.480 e. The van der Waals surface area contributed by atoms with E-state index in [1.807, 2.05) is 0 Å². The summed E-state index contributed by atoms with van der Waals surface area (Å²) >= 11 is 0. The van der Waals surface area contributed by atoms with Crippen molar-refractivity contribution >= 4 is 11.9 Å². The lowest BCUT2D eigenvalue weighted by molar-refractivity contribution is -0.192. The fourth-order valence-electron chi connectivity index (χ4n) is 2.46. The van der Waals surface area contributed by atoms with E-state index in [0.717, 1.165) is 13.0 Å². The van der Waals surface area contributed by atoms with Crippen molar-refractivity contribution in [1.82, 2.24) is 5.32 Å². The molecule has 3 unspecified atom stereocenters. The molecule has 2 rings (SSSR count). The van der Waals surface area contributed by atoms with Crippen molar-refractivity contribution in [3.8, 4) is 0 Å². The first-order valence-electron chi connectivity index (χ1n) is 5.49. The van der Waals surface area contributed by atoms with Crippen LogP contribution in [0.15, 0.2) is 0 Å². The number of hydrogen-bond acceptors (Lipinski definition) is 3. The maximum absolute atomic E-state index is 10.7. The van der Waals surface area contributed by atoms with E-state index in [4.69, 9.17) is 15.0 Å². The van der Waals surface area contributed by atoms with Crippen LogP contribution in [0.1, 0.15) is 19.3 Å². The second-order valence-electron chi connectivity index (χ2n) is 4.38. The highest BCUT2D eigenvalue weighted by atomic mass is 19.4. The Bertz CT molecular complexity index is 332. The van der Waals surface area contributed by atoms with Crippen LogP contribution < -0.4 is 5.32 Å². The Morgan fingerprint density at radius 1 is 1.17 bits per heavy atom. The number of halogens is 3. The molecular formula is C10H14F3NO4. The predicted molar refractivity (Wildman–Crippen MR) is 53.9 cm³/mol. The topological polar surface area (TPSA) is 86.6 Å². The van der Waals surface area contributed by atoms with E-state index >= 15 is 0 Å². The average Bonchev–Trinajstić information content (AvgIpc) is 2.75. The third kappa shape index (κ3) is 3.59. The van der Waals surface area contributed by atoms with Crippen LogP contribution in [0, 0.1) is 11.8 Å². The Hall–Kier alpha value is -1.31. The van der Waals surface area contributed by atoms with Crippen molar-refractivity contribution in [3.63, 3.8) is 0 Å². The van der Waals surface area contributed by atoms with Gasteiger partial charge in [-0.25, -0.2) is 4.79 Å². The summed E-state index contributed by atoms with van der Waals surface area (Å²) in [5.74, 6) is -2.35. The molecule has 0 spiro atoms. The smallest absolute Gasteiger partial charge is 0.480 e. The van der Waals surface area contributed by atoms with Gasteiger partial charge in [-0.2, -0.15) is 13.2 Å². The van der Waals surface area contributed by atoms with E-state index in [-0.39, 0.29) is 6.04 Å². The SMILES string of the molecule is O=C(O)C(F)(F)F.O=C(O)C1NCC2CCCC21. The summed E-state index contributed by atoms with van der Waals surface area (Å²) in [4.78, 5) is 19.6. The van der Waals surface area contributed by atoms with Crippen LogP contribution in [0.2, 0.25) is 0 Å². The van der Waals surface area contributed by atoms with Gasteiger partial charge in [-0.3, -0.25) is 4.79 Å². The van der Waals surface area contributed by atoms with Gasteiger partial charge in [0.15, 0.2) is 0 Å². The van der Waals surface area contributed by atoms with E-state index in [1.165, 1.54) is 12.8 Å². The standard InChI is InChI=1S/C8H13NO2.C2HF3O2/c10-8(11)7-6-3-1-2-5(6)4-9-7;3-2(4,5)1(6)7/h5-7,9H,1-4H2,(H,10,11);(H,6,7). The number of rotatable bonds is 1. The minimum absolute atomic E-state index is 0.248. The highest BCUT2D eigenvalue weighted by Crippen LogP contribution is 2.37. The normalized spacial score (nSPS) is 30.3. The summed E-state index contributed by atoms with van der Waals surface area (Å²) in [6.45, 7) is 0.918. The van der Waals surface area contributed by atoms with Gasteiger partial charge in [0, 0.05) is 0 Å². The summed E-state index contributed by atoms with van der Waals surface area (Å²) in [7, 11) is 0. The van der Waals surface area contributed by atoms with Crippen molar-refractivity contribution in [2.24, 2.45) is 11.8 Å². The summed E-state index contributed by atoms with van der Waals surface area (Å²) in [6, 6.07) is -0.248. The lowest BCUT2D eigenvalue weighted by Gasteiger charge is -2.12. The number of carboxylic acid groups (broad SMARTS) is 2. The van der Waals surface area contributed by atoms with E-state index in [2.05, 4.69) is 5.32 Å². The van der Waals surface area contributed by atoms with Crippen LogP contribution in [0.4, 0.5) is 13.2 Å². The molecule has 3 atom stereocenters. The average molecular weight is 269 g/mol. The number of carboxylic acids is 2. The van der Waals surface area contributed by atoms with Crippen molar-refractivity contribution in [2.45, 2.75) is 31.5 Å². The van der Waals surface area contributed by atoms with Gasteiger partial charge in [-0.1, -0.05) is 6.42 Å². The van der Waals surface area contributed by atoms with Crippen molar-refractivity contribution < 1.29 is 33.0 Å². The molecule has 5 nitrogen and oxygen atoms in total. The van der Waals surface area contributed by atoms with Gasteiger partial charge in [0.05, 0.1) is 0 Å². The molecule has 2 fully saturated rings. The molecule has 8 heteroatoms. The third-order valence-electron chi connectivity index (χ3n) is 3.25. The number of fused-ring (bicyclic) bond motifs is 1. The number of alkyl halides is 3. The molecule has 3 N–H and O–H groups in total. The van der Waals surface area contributed by atoms with Gasteiger partial charge >= 0.3 is 18.1 Å². The summed E-state index contributed by atoms with van der Waals surface area (Å²) < 4.78 is 31.7. The molecule has 1 saturated heterocycles. The van der Waals surface area contributed by atoms with Gasteiger partial charge in [-0.05, 0) is 31.2 Å². The first kappa shape index (κ1) is 14.7. The van der Waals surface area contributed by atoms with Crippen LogP contribution in [-0.4, -0.2) is 40.9 Å². The Balaban J connectivity index is 0.000000203.